The average Bonchev–Trinajstić information content (AvgIpc) is 3.35. The van der Waals surface area contributed by atoms with E-state index in [2.05, 4.69) is 29.5 Å². The molecule has 0 radical (unpaired) electrons. The molecule has 0 saturated heterocycles. The van der Waals surface area contributed by atoms with Gasteiger partial charge in [-0.15, -0.1) is 0 Å². The second kappa shape index (κ2) is 7.63. The van der Waals surface area contributed by atoms with Crippen LogP contribution in [0.25, 0.3) is 11.1 Å². The predicted molar refractivity (Wildman–Crippen MR) is 134 cm³/mol. The lowest BCUT2D eigenvalue weighted by Gasteiger charge is -2.41. The van der Waals surface area contributed by atoms with Crippen LogP contribution in [-0.4, -0.2) is 17.8 Å². The predicted octanol–water partition coefficient (Wildman–Crippen LogP) is 6.28. The van der Waals surface area contributed by atoms with Crippen LogP contribution < -0.4 is 0 Å². The van der Waals surface area contributed by atoms with Gasteiger partial charge < -0.3 is 0 Å². The van der Waals surface area contributed by atoms with Crippen molar-refractivity contribution in [3.63, 3.8) is 0 Å². The van der Waals surface area contributed by atoms with Gasteiger partial charge in [-0.1, -0.05) is 127 Å². The third kappa shape index (κ3) is 2.51. The van der Waals surface area contributed by atoms with Crippen LogP contribution in [0, 0.1) is 0 Å². The van der Waals surface area contributed by atoms with Gasteiger partial charge in [-0.2, -0.15) is 5.11 Å². The third-order valence-corrected chi connectivity index (χ3v) is 7.01. The molecular formula is C30H23N3O. The van der Waals surface area contributed by atoms with Crippen LogP contribution in [0.15, 0.2) is 132 Å². The standard InChI is InChI=1S/C30H23N3O/c1-33-30(25-20-12-5-13-21-25)28(34)26(22-14-6-2-7-15-22)27(23-16-8-3-9-17-23)29(30,31-32-33)24-18-10-4-11-19-24/h2-21H,1H3/t29-,30+/m0/s1. The Morgan fingerprint density at radius 1 is 0.618 bits per heavy atom. The maximum Gasteiger partial charge on any atom is 0.198 e. The monoisotopic (exact) mass is 441 g/mol. The second-order valence-electron chi connectivity index (χ2n) is 8.68. The average molecular weight is 442 g/mol. The number of nitrogens with zero attached hydrogens (tertiary/aromatic N) is 3. The molecule has 0 fully saturated rings. The molecule has 4 heteroatoms. The minimum absolute atomic E-state index is 0.0000983. The second-order valence-corrected chi connectivity index (χ2v) is 8.68. The van der Waals surface area contributed by atoms with Crippen molar-refractivity contribution in [1.82, 2.24) is 5.01 Å². The van der Waals surface area contributed by atoms with Gasteiger partial charge in [0, 0.05) is 18.2 Å². The number of hydrogen-bond acceptors (Lipinski definition) is 4. The van der Waals surface area contributed by atoms with E-state index in [4.69, 9.17) is 5.11 Å². The van der Waals surface area contributed by atoms with E-state index in [1.807, 2.05) is 104 Å². The zero-order valence-corrected chi connectivity index (χ0v) is 18.8. The van der Waals surface area contributed by atoms with Gasteiger partial charge in [0.2, 0.25) is 0 Å². The van der Waals surface area contributed by atoms with Crippen LogP contribution in [0.2, 0.25) is 0 Å². The molecule has 4 nitrogen and oxygen atoms in total. The van der Waals surface area contributed by atoms with Crippen LogP contribution >= 0.6 is 0 Å². The fourth-order valence-corrected chi connectivity index (χ4v) is 5.66. The molecular weight excluding hydrogens is 418 g/mol. The Labute approximate surface area is 198 Å². The molecule has 0 spiro atoms. The van der Waals surface area contributed by atoms with Crippen molar-refractivity contribution in [3.8, 4) is 0 Å². The summed E-state index contributed by atoms with van der Waals surface area (Å²) in [5.74, 6) is 0.0000983. The third-order valence-electron chi connectivity index (χ3n) is 7.01. The quantitative estimate of drug-likeness (QED) is 0.374. The summed E-state index contributed by atoms with van der Waals surface area (Å²) in [6.45, 7) is 0. The summed E-state index contributed by atoms with van der Waals surface area (Å²) >= 11 is 0. The molecule has 0 saturated carbocycles. The highest BCUT2D eigenvalue weighted by Crippen LogP contribution is 2.65. The Morgan fingerprint density at radius 2 is 1.09 bits per heavy atom. The van der Waals surface area contributed by atoms with Crippen molar-refractivity contribution in [1.29, 1.82) is 0 Å². The van der Waals surface area contributed by atoms with Crippen LogP contribution in [0.4, 0.5) is 0 Å². The van der Waals surface area contributed by atoms with E-state index in [0.29, 0.717) is 5.57 Å². The molecule has 2 aliphatic rings. The van der Waals surface area contributed by atoms with Crippen molar-refractivity contribution in [2.75, 3.05) is 7.05 Å². The number of Topliss-reactive ketones (excluding diaryl/α,β-unsaturated/α-hetero) is 1. The molecule has 1 aliphatic carbocycles. The fraction of sp³-hybridized carbons (Fsp3) is 0.100. The molecule has 34 heavy (non-hydrogen) atoms. The molecule has 0 unspecified atom stereocenters. The summed E-state index contributed by atoms with van der Waals surface area (Å²) in [5.41, 5.74) is 3.03. The number of rotatable bonds is 4. The van der Waals surface area contributed by atoms with Gasteiger partial charge in [-0.25, -0.2) is 0 Å². The molecule has 2 atom stereocenters. The van der Waals surface area contributed by atoms with E-state index in [9.17, 15) is 4.79 Å². The smallest absolute Gasteiger partial charge is 0.198 e. The molecule has 1 aliphatic heterocycles. The number of carbonyl (C=O) groups excluding carboxylic acids is 1. The molecule has 0 aromatic heterocycles. The largest absolute Gasteiger partial charge is 0.291 e. The SMILES string of the molecule is CN1N=N[C@@]2(c3ccccc3)C(c3ccccc3)=C(c3ccccc3)C(=O)[C@@]12c1ccccc1. The highest BCUT2D eigenvalue weighted by molar-refractivity contribution is 6.37. The highest BCUT2D eigenvalue weighted by Gasteiger charge is 2.72. The topological polar surface area (TPSA) is 45.0 Å². The van der Waals surface area contributed by atoms with Gasteiger partial charge in [-0.3, -0.25) is 9.80 Å². The first-order chi connectivity index (χ1) is 16.7. The summed E-state index contributed by atoms with van der Waals surface area (Å²) in [4.78, 5) is 14.9. The Hall–Kier alpha value is -4.31. The Morgan fingerprint density at radius 3 is 1.65 bits per heavy atom. The van der Waals surface area contributed by atoms with E-state index in [-0.39, 0.29) is 5.78 Å². The molecule has 4 aromatic carbocycles. The van der Waals surface area contributed by atoms with E-state index >= 15 is 0 Å². The lowest BCUT2D eigenvalue weighted by atomic mass is 9.66. The molecule has 4 aromatic rings. The first-order valence-electron chi connectivity index (χ1n) is 11.4. The minimum atomic E-state index is -1.15. The molecule has 0 amide bonds. The Balaban J connectivity index is 1.81. The summed E-state index contributed by atoms with van der Waals surface area (Å²) < 4.78 is 0. The summed E-state index contributed by atoms with van der Waals surface area (Å²) in [7, 11) is 1.86. The van der Waals surface area contributed by atoms with Crippen molar-refractivity contribution in [3.05, 3.63) is 144 Å². The van der Waals surface area contributed by atoms with Crippen molar-refractivity contribution in [2.24, 2.45) is 10.3 Å². The number of benzene rings is 4. The number of carbonyl (C=O) groups is 1. The van der Waals surface area contributed by atoms with Crippen LogP contribution in [0.1, 0.15) is 22.3 Å². The van der Waals surface area contributed by atoms with Gasteiger partial charge >= 0.3 is 0 Å². The number of ketones is 1. The molecule has 0 N–H and O–H groups in total. The fourth-order valence-electron chi connectivity index (χ4n) is 5.66. The van der Waals surface area contributed by atoms with Crippen LogP contribution in [0.3, 0.4) is 0 Å². The van der Waals surface area contributed by atoms with Gasteiger partial charge in [0.1, 0.15) is 0 Å². The van der Waals surface area contributed by atoms with Gasteiger partial charge in [-0.05, 0) is 22.3 Å². The summed E-state index contributed by atoms with van der Waals surface area (Å²) in [6.07, 6.45) is 0. The van der Waals surface area contributed by atoms with Crippen molar-refractivity contribution < 1.29 is 4.79 Å². The van der Waals surface area contributed by atoms with Gasteiger partial charge in [0.25, 0.3) is 0 Å². The summed E-state index contributed by atoms with van der Waals surface area (Å²) in [5, 5.41) is 11.3. The van der Waals surface area contributed by atoms with Gasteiger partial charge in [0.15, 0.2) is 16.9 Å². The Kier molecular flexibility index (Phi) is 4.56. The van der Waals surface area contributed by atoms with E-state index < -0.39 is 11.1 Å². The zero-order valence-electron chi connectivity index (χ0n) is 18.8. The summed E-state index contributed by atoms with van der Waals surface area (Å²) in [6, 6.07) is 40.1. The lowest BCUT2D eigenvalue weighted by molar-refractivity contribution is -0.125. The number of likely N-dealkylation sites (N-methyl/N-ethyl adjacent to an activating group) is 1. The maximum atomic E-state index is 14.9. The highest BCUT2D eigenvalue weighted by atomic mass is 16.1. The first kappa shape index (κ1) is 20.3. The lowest BCUT2D eigenvalue weighted by Crippen LogP contribution is -2.55. The van der Waals surface area contributed by atoms with E-state index in [0.717, 1.165) is 27.8 Å². The van der Waals surface area contributed by atoms with Crippen LogP contribution in [0.5, 0.6) is 0 Å². The molecule has 6 rings (SSSR count). The normalized spacial score (nSPS) is 23.4. The molecule has 1 heterocycles. The zero-order chi connectivity index (χ0) is 23.2. The van der Waals surface area contributed by atoms with E-state index in [1.54, 1.807) is 5.01 Å². The minimum Gasteiger partial charge on any atom is -0.291 e. The molecule has 0 bridgehead atoms. The molecule has 164 valence electrons. The number of fused-ring (bicyclic) bond motifs is 1. The maximum absolute atomic E-state index is 14.9. The number of hydrogen-bond donors (Lipinski definition) is 0. The van der Waals surface area contributed by atoms with Crippen LogP contribution in [-0.2, 0) is 15.9 Å². The first-order valence-corrected chi connectivity index (χ1v) is 11.4. The Bertz CT molecular complexity index is 1420. The van der Waals surface area contributed by atoms with Gasteiger partial charge in [0.05, 0.1) is 0 Å². The van der Waals surface area contributed by atoms with Crippen molar-refractivity contribution >= 4 is 16.9 Å². The van der Waals surface area contributed by atoms with Crippen molar-refractivity contribution in [2.45, 2.75) is 11.1 Å². The van der Waals surface area contributed by atoms with E-state index in [1.165, 1.54) is 0 Å².